The zero-order valence-electron chi connectivity index (χ0n) is 13.0. The summed E-state index contributed by atoms with van der Waals surface area (Å²) in [5, 5.41) is 14.5. The highest BCUT2D eigenvalue weighted by atomic mass is 35.5. The molecule has 0 aliphatic carbocycles. The molecule has 2 N–H and O–H groups in total. The van der Waals surface area contributed by atoms with Crippen LogP contribution in [0.5, 0.6) is 0 Å². The number of thiophene rings is 1. The van der Waals surface area contributed by atoms with Crippen molar-refractivity contribution in [3.8, 4) is 0 Å². The van der Waals surface area contributed by atoms with Gasteiger partial charge >= 0.3 is 0 Å². The van der Waals surface area contributed by atoms with Crippen molar-refractivity contribution in [2.24, 2.45) is 0 Å². The molecule has 0 bridgehead atoms. The van der Waals surface area contributed by atoms with E-state index in [0.717, 1.165) is 47.3 Å². The van der Waals surface area contributed by atoms with E-state index in [1.165, 1.54) is 11.3 Å². The molecule has 0 aromatic carbocycles. The number of hydrogen-bond acceptors (Lipinski definition) is 5. The zero-order valence-corrected chi connectivity index (χ0v) is 14.6. The Balaban J connectivity index is 1.57. The average Bonchev–Trinajstić information content (AvgIpc) is 3.14. The number of hydrogen-bond donors (Lipinski definition) is 2. The van der Waals surface area contributed by atoms with E-state index in [-0.39, 0.29) is 5.91 Å². The summed E-state index contributed by atoms with van der Waals surface area (Å²) < 4.78 is 2.67. The minimum atomic E-state index is -0.162. The number of nitrogens with one attached hydrogen (secondary N) is 2. The summed E-state index contributed by atoms with van der Waals surface area (Å²) in [6.07, 6.45) is 2.80. The lowest BCUT2D eigenvalue weighted by Crippen LogP contribution is -2.30. The zero-order chi connectivity index (χ0) is 16.2. The molecular formula is C15H20ClN5OS. The van der Waals surface area contributed by atoms with Gasteiger partial charge in [-0.1, -0.05) is 16.8 Å². The van der Waals surface area contributed by atoms with E-state index < -0.39 is 0 Å². The monoisotopic (exact) mass is 353 g/mol. The largest absolute Gasteiger partial charge is 0.350 e. The molecule has 0 radical (unpaired) electrons. The van der Waals surface area contributed by atoms with E-state index in [9.17, 15) is 4.79 Å². The summed E-state index contributed by atoms with van der Waals surface area (Å²) in [5.41, 5.74) is 1.27. The smallest absolute Gasteiger partial charge is 0.273 e. The van der Waals surface area contributed by atoms with Crippen LogP contribution in [0.1, 0.15) is 39.9 Å². The fourth-order valence-corrected chi connectivity index (χ4v) is 3.90. The Hall–Kier alpha value is -1.44. The fraction of sp³-hybridized carbons (Fsp3) is 0.533. The Morgan fingerprint density at radius 3 is 2.96 bits per heavy atom. The molecule has 0 saturated carbocycles. The van der Waals surface area contributed by atoms with Crippen LogP contribution in [0.25, 0.3) is 0 Å². The third-order valence-electron chi connectivity index (χ3n) is 4.08. The van der Waals surface area contributed by atoms with Crippen LogP contribution >= 0.6 is 22.9 Å². The summed E-state index contributed by atoms with van der Waals surface area (Å²) in [5.74, 6) is -0.162. The van der Waals surface area contributed by atoms with Crippen molar-refractivity contribution in [1.29, 1.82) is 0 Å². The van der Waals surface area contributed by atoms with Crippen molar-refractivity contribution >= 4 is 28.8 Å². The van der Waals surface area contributed by atoms with Crippen molar-refractivity contribution in [2.45, 2.75) is 32.2 Å². The summed E-state index contributed by atoms with van der Waals surface area (Å²) in [6.45, 7) is 4.44. The molecule has 1 aliphatic rings. The predicted molar refractivity (Wildman–Crippen MR) is 91.3 cm³/mol. The normalized spacial score (nSPS) is 15.7. The Morgan fingerprint density at radius 1 is 1.48 bits per heavy atom. The Kier molecular flexibility index (Phi) is 5.30. The SMILES string of the molecule is Cc1c(C(=O)NCCc2ccc(Cl)s2)nnn1C1CCNCC1. The number of piperidine rings is 1. The molecule has 0 spiro atoms. The molecule has 1 aliphatic heterocycles. The van der Waals surface area contributed by atoms with Crippen molar-refractivity contribution in [3.05, 3.63) is 32.7 Å². The third kappa shape index (κ3) is 3.91. The summed E-state index contributed by atoms with van der Waals surface area (Å²) in [6, 6.07) is 4.19. The van der Waals surface area contributed by atoms with Crippen molar-refractivity contribution in [3.63, 3.8) is 0 Å². The number of rotatable bonds is 5. The molecule has 1 amide bonds. The molecule has 2 aromatic rings. The summed E-state index contributed by atoms with van der Waals surface area (Å²) >= 11 is 7.44. The van der Waals surface area contributed by atoms with Crippen LogP contribution in [0.3, 0.4) is 0 Å². The van der Waals surface area contributed by atoms with Gasteiger partial charge in [-0.15, -0.1) is 16.4 Å². The Labute approximate surface area is 144 Å². The number of aromatic nitrogens is 3. The molecule has 1 saturated heterocycles. The predicted octanol–water partition coefficient (Wildman–Crippen LogP) is 2.20. The van der Waals surface area contributed by atoms with Crippen LogP contribution in [0.4, 0.5) is 0 Å². The lowest BCUT2D eigenvalue weighted by atomic mass is 10.1. The summed E-state index contributed by atoms with van der Waals surface area (Å²) in [4.78, 5) is 13.5. The molecular weight excluding hydrogens is 334 g/mol. The van der Waals surface area contributed by atoms with Gasteiger partial charge in [0.1, 0.15) is 0 Å². The van der Waals surface area contributed by atoms with E-state index in [0.29, 0.717) is 18.3 Å². The lowest BCUT2D eigenvalue weighted by Gasteiger charge is -2.23. The van der Waals surface area contributed by atoms with Gasteiger partial charge in [-0.3, -0.25) is 4.79 Å². The van der Waals surface area contributed by atoms with E-state index in [1.807, 2.05) is 23.7 Å². The first-order chi connectivity index (χ1) is 11.1. The maximum Gasteiger partial charge on any atom is 0.273 e. The van der Waals surface area contributed by atoms with Gasteiger partial charge < -0.3 is 10.6 Å². The second kappa shape index (κ2) is 7.42. The topological polar surface area (TPSA) is 71.8 Å². The van der Waals surface area contributed by atoms with Crippen LogP contribution in [0.2, 0.25) is 4.34 Å². The van der Waals surface area contributed by atoms with Gasteiger partial charge in [0, 0.05) is 11.4 Å². The first kappa shape index (κ1) is 16.4. The maximum absolute atomic E-state index is 12.3. The van der Waals surface area contributed by atoms with Crippen molar-refractivity contribution in [1.82, 2.24) is 25.6 Å². The highest BCUT2D eigenvalue weighted by molar-refractivity contribution is 7.16. The summed E-state index contributed by atoms with van der Waals surface area (Å²) in [7, 11) is 0. The second-order valence-corrected chi connectivity index (χ2v) is 7.46. The number of carbonyl (C=O) groups excluding carboxylic acids is 1. The molecule has 0 atom stereocenters. The van der Waals surface area contributed by atoms with E-state index in [2.05, 4.69) is 20.9 Å². The average molecular weight is 354 g/mol. The highest BCUT2D eigenvalue weighted by Gasteiger charge is 2.22. The van der Waals surface area contributed by atoms with Gasteiger partial charge in [0.25, 0.3) is 5.91 Å². The van der Waals surface area contributed by atoms with Gasteiger partial charge in [0.05, 0.1) is 16.1 Å². The Bertz CT molecular complexity index is 677. The van der Waals surface area contributed by atoms with Crippen molar-refractivity contribution in [2.75, 3.05) is 19.6 Å². The van der Waals surface area contributed by atoms with Gasteiger partial charge in [-0.05, 0) is 51.4 Å². The minimum Gasteiger partial charge on any atom is -0.350 e. The number of nitrogens with zero attached hydrogens (tertiary/aromatic N) is 3. The van der Waals surface area contributed by atoms with Crippen LogP contribution in [0.15, 0.2) is 12.1 Å². The number of carbonyl (C=O) groups is 1. The van der Waals surface area contributed by atoms with Gasteiger partial charge in [0.2, 0.25) is 0 Å². The molecule has 124 valence electrons. The van der Waals surface area contributed by atoms with E-state index >= 15 is 0 Å². The Morgan fingerprint density at radius 2 is 2.26 bits per heavy atom. The molecule has 8 heteroatoms. The third-order valence-corrected chi connectivity index (χ3v) is 5.37. The van der Waals surface area contributed by atoms with Crippen LogP contribution < -0.4 is 10.6 Å². The van der Waals surface area contributed by atoms with Crippen LogP contribution in [-0.2, 0) is 6.42 Å². The maximum atomic E-state index is 12.3. The number of halogens is 1. The molecule has 3 rings (SSSR count). The second-order valence-electron chi connectivity index (χ2n) is 5.66. The fourth-order valence-electron chi connectivity index (χ4n) is 2.82. The van der Waals surface area contributed by atoms with Gasteiger partial charge in [-0.25, -0.2) is 4.68 Å². The molecule has 0 unspecified atom stereocenters. The van der Waals surface area contributed by atoms with Gasteiger partial charge in [0.15, 0.2) is 5.69 Å². The lowest BCUT2D eigenvalue weighted by molar-refractivity contribution is 0.0948. The molecule has 1 fully saturated rings. The van der Waals surface area contributed by atoms with Crippen LogP contribution in [-0.4, -0.2) is 40.5 Å². The van der Waals surface area contributed by atoms with Gasteiger partial charge in [-0.2, -0.15) is 0 Å². The quantitative estimate of drug-likeness (QED) is 0.864. The first-order valence-electron chi connectivity index (χ1n) is 7.80. The molecule has 23 heavy (non-hydrogen) atoms. The van der Waals surface area contributed by atoms with Crippen LogP contribution in [0, 0.1) is 6.92 Å². The van der Waals surface area contributed by atoms with E-state index in [4.69, 9.17) is 11.6 Å². The minimum absolute atomic E-state index is 0.162. The van der Waals surface area contributed by atoms with Crippen molar-refractivity contribution < 1.29 is 4.79 Å². The molecule has 6 nitrogen and oxygen atoms in total. The van der Waals surface area contributed by atoms with E-state index in [1.54, 1.807) is 0 Å². The number of amides is 1. The molecule has 2 aromatic heterocycles. The molecule has 3 heterocycles. The highest BCUT2D eigenvalue weighted by Crippen LogP contribution is 2.22. The first-order valence-corrected chi connectivity index (χ1v) is 8.99. The standard InChI is InChI=1S/C15H20ClN5OS/c1-10-14(19-20-21(10)11-4-7-17-8-5-11)15(22)18-9-6-12-2-3-13(16)23-12/h2-3,11,17H,4-9H2,1H3,(H,18,22).